The van der Waals surface area contributed by atoms with Gasteiger partial charge in [0.1, 0.15) is 12.4 Å². The highest BCUT2D eigenvalue weighted by atomic mass is 16.5. The van der Waals surface area contributed by atoms with Crippen LogP contribution in [0.4, 0.5) is 10.5 Å². The van der Waals surface area contributed by atoms with E-state index in [1.165, 1.54) is 0 Å². The molecular formula is C13H21N3O2. The molecular weight excluding hydrogens is 230 g/mol. The number of para-hydroxylation sites is 2. The molecule has 0 saturated heterocycles. The van der Waals surface area contributed by atoms with E-state index in [2.05, 4.69) is 10.6 Å². The number of carbonyl (C=O) groups excluding carboxylic acids is 1. The van der Waals surface area contributed by atoms with Crippen LogP contribution in [0.1, 0.15) is 20.8 Å². The maximum Gasteiger partial charge on any atom is 0.319 e. The lowest BCUT2D eigenvalue weighted by molar-refractivity contribution is 0.243. The van der Waals surface area contributed by atoms with Gasteiger partial charge in [0.15, 0.2) is 0 Å². The Balaban J connectivity index is 2.68. The lowest BCUT2D eigenvalue weighted by Crippen LogP contribution is -2.43. The molecule has 18 heavy (non-hydrogen) atoms. The summed E-state index contributed by atoms with van der Waals surface area (Å²) in [6.45, 7) is 6.61. The fraction of sp³-hybridized carbons (Fsp3) is 0.462. The summed E-state index contributed by atoms with van der Waals surface area (Å²) in [6, 6.07) is 7.00. The molecule has 0 fully saturated rings. The number of urea groups is 1. The van der Waals surface area contributed by atoms with Gasteiger partial charge in [0, 0.05) is 12.1 Å². The third kappa shape index (κ3) is 5.05. The molecule has 5 heteroatoms. The first-order valence-corrected chi connectivity index (χ1v) is 5.93. The Morgan fingerprint density at radius 3 is 2.61 bits per heavy atom. The number of nitrogens with one attached hydrogen (secondary N) is 2. The van der Waals surface area contributed by atoms with Crippen LogP contribution in [0.5, 0.6) is 5.75 Å². The van der Waals surface area contributed by atoms with E-state index in [9.17, 15) is 4.79 Å². The lowest BCUT2D eigenvalue weighted by atomic mass is 10.1. The van der Waals surface area contributed by atoms with Crippen LogP contribution in [0.25, 0.3) is 0 Å². The average Bonchev–Trinajstić information content (AvgIpc) is 2.25. The molecule has 2 amide bonds. The quantitative estimate of drug-likeness (QED) is 0.765. The van der Waals surface area contributed by atoms with Gasteiger partial charge in [-0.1, -0.05) is 12.1 Å². The molecule has 100 valence electrons. The lowest BCUT2D eigenvalue weighted by Gasteiger charge is -2.21. The molecule has 0 spiro atoms. The van der Waals surface area contributed by atoms with E-state index in [1.807, 2.05) is 32.9 Å². The van der Waals surface area contributed by atoms with E-state index in [1.54, 1.807) is 12.1 Å². The van der Waals surface area contributed by atoms with Gasteiger partial charge in [-0.25, -0.2) is 4.79 Å². The number of nitrogens with two attached hydrogens (primary N) is 1. The van der Waals surface area contributed by atoms with Crippen LogP contribution in [-0.4, -0.2) is 24.7 Å². The third-order valence-corrected chi connectivity index (χ3v) is 2.00. The number of rotatable bonds is 4. The van der Waals surface area contributed by atoms with Crippen molar-refractivity contribution >= 4 is 11.7 Å². The number of hydrogen-bond donors (Lipinski definition) is 3. The van der Waals surface area contributed by atoms with Crippen molar-refractivity contribution in [3.05, 3.63) is 24.3 Å². The summed E-state index contributed by atoms with van der Waals surface area (Å²) in [5.74, 6) is 0.618. The summed E-state index contributed by atoms with van der Waals surface area (Å²) >= 11 is 0. The third-order valence-electron chi connectivity index (χ3n) is 2.00. The van der Waals surface area contributed by atoms with Gasteiger partial charge in [-0.3, -0.25) is 0 Å². The van der Waals surface area contributed by atoms with E-state index < -0.39 is 0 Å². The number of benzene rings is 1. The Bertz CT molecular complexity index is 399. The molecule has 0 radical (unpaired) electrons. The SMILES string of the molecule is CC(C)(C)NC(=O)Nc1ccccc1OCCN. The van der Waals surface area contributed by atoms with Crippen molar-refractivity contribution in [1.82, 2.24) is 5.32 Å². The number of anilines is 1. The molecule has 0 aliphatic heterocycles. The molecule has 1 rings (SSSR count). The first kappa shape index (κ1) is 14.3. The van der Waals surface area contributed by atoms with Crippen molar-refractivity contribution in [3.63, 3.8) is 0 Å². The van der Waals surface area contributed by atoms with E-state index in [-0.39, 0.29) is 11.6 Å². The highest BCUT2D eigenvalue weighted by Crippen LogP contribution is 2.23. The van der Waals surface area contributed by atoms with Crippen molar-refractivity contribution < 1.29 is 9.53 Å². The van der Waals surface area contributed by atoms with Gasteiger partial charge in [0.05, 0.1) is 5.69 Å². The molecule has 0 aliphatic carbocycles. The minimum atomic E-state index is -0.281. The van der Waals surface area contributed by atoms with Crippen LogP contribution in [-0.2, 0) is 0 Å². The molecule has 0 aliphatic rings. The summed E-state index contributed by atoms with van der Waals surface area (Å²) in [7, 11) is 0. The fourth-order valence-electron chi connectivity index (χ4n) is 1.36. The molecule has 1 aromatic carbocycles. The smallest absolute Gasteiger partial charge is 0.319 e. The highest BCUT2D eigenvalue weighted by molar-refractivity contribution is 5.91. The molecule has 0 aromatic heterocycles. The monoisotopic (exact) mass is 251 g/mol. The Kier molecular flexibility index (Phi) is 4.97. The maximum atomic E-state index is 11.8. The van der Waals surface area contributed by atoms with Crippen LogP contribution >= 0.6 is 0 Å². The van der Waals surface area contributed by atoms with E-state index >= 15 is 0 Å². The van der Waals surface area contributed by atoms with Gasteiger partial charge >= 0.3 is 6.03 Å². The van der Waals surface area contributed by atoms with Gasteiger partial charge < -0.3 is 21.1 Å². The van der Waals surface area contributed by atoms with Crippen molar-refractivity contribution in [2.45, 2.75) is 26.3 Å². The highest BCUT2D eigenvalue weighted by Gasteiger charge is 2.14. The molecule has 0 bridgehead atoms. The van der Waals surface area contributed by atoms with Crippen molar-refractivity contribution in [2.75, 3.05) is 18.5 Å². The maximum absolute atomic E-state index is 11.8. The minimum Gasteiger partial charge on any atom is -0.490 e. The summed E-state index contributed by atoms with van der Waals surface area (Å²) in [4.78, 5) is 11.8. The number of hydrogen-bond acceptors (Lipinski definition) is 3. The van der Waals surface area contributed by atoms with E-state index in [0.29, 0.717) is 24.6 Å². The summed E-state index contributed by atoms with van der Waals surface area (Å²) < 4.78 is 5.45. The normalized spacial score (nSPS) is 10.9. The largest absolute Gasteiger partial charge is 0.490 e. The molecule has 0 heterocycles. The molecule has 0 unspecified atom stereocenters. The molecule has 0 atom stereocenters. The molecule has 0 saturated carbocycles. The predicted octanol–water partition coefficient (Wildman–Crippen LogP) is 1.94. The Labute approximate surface area is 108 Å². The predicted molar refractivity (Wildman–Crippen MR) is 72.9 cm³/mol. The van der Waals surface area contributed by atoms with Crippen molar-refractivity contribution in [1.29, 1.82) is 0 Å². The van der Waals surface area contributed by atoms with Gasteiger partial charge in [-0.05, 0) is 32.9 Å². The van der Waals surface area contributed by atoms with Gasteiger partial charge in [-0.15, -0.1) is 0 Å². The second-order valence-electron chi connectivity index (χ2n) is 4.96. The fourth-order valence-corrected chi connectivity index (χ4v) is 1.36. The number of carbonyl (C=O) groups is 1. The zero-order valence-corrected chi connectivity index (χ0v) is 11.1. The summed E-state index contributed by atoms with van der Waals surface area (Å²) in [5, 5.41) is 5.58. The number of amides is 2. The van der Waals surface area contributed by atoms with Crippen LogP contribution < -0.4 is 21.1 Å². The summed E-state index contributed by atoms with van der Waals surface area (Å²) in [5.41, 5.74) is 5.74. The molecule has 4 N–H and O–H groups in total. The second kappa shape index (κ2) is 6.26. The second-order valence-corrected chi connectivity index (χ2v) is 4.96. The zero-order valence-electron chi connectivity index (χ0n) is 11.1. The molecule has 5 nitrogen and oxygen atoms in total. The van der Waals surface area contributed by atoms with Crippen LogP contribution in [0.3, 0.4) is 0 Å². The number of ether oxygens (including phenoxy) is 1. The van der Waals surface area contributed by atoms with Crippen LogP contribution in [0.2, 0.25) is 0 Å². The van der Waals surface area contributed by atoms with E-state index in [4.69, 9.17) is 10.5 Å². The van der Waals surface area contributed by atoms with Gasteiger partial charge in [-0.2, -0.15) is 0 Å². The molecule has 1 aromatic rings. The summed E-state index contributed by atoms with van der Waals surface area (Å²) in [6.07, 6.45) is 0. The van der Waals surface area contributed by atoms with Gasteiger partial charge in [0.25, 0.3) is 0 Å². The van der Waals surface area contributed by atoms with Gasteiger partial charge in [0.2, 0.25) is 0 Å². The van der Waals surface area contributed by atoms with Crippen molar-refractivity contribution in [2.24, 2.45) is 5.73 Å². The Hall–Kier alpha value is -1.75. The Morgan fingerprint density at radius 1 is 1.33 bits per heavy atom. The van der Waals surface area contributed by atoms with Crippen molar-refractivity contribution in [3.8, 4) is 5.75 Å². The van der Waals surface area contributed by atoms with E-state index in [0.717, 1.165) is 0 Å². The standard InChI is InChI=1S/C13H21N3O2/c1-13(2,3)16-12(17)15-10-6-4-5-7-11(10)18-9-8-14/h4-7H,8-9,14H2,1-3H3,(H2,15,16,17). The topological polar surface area (TPSA) is 76.4 Å². The Morgan fingerprint density at radius 2 is 2.00 bits per heavy atom. The minimum absolute atomic E-state index is 0.258. The average molecular weight is 251 g/mol. The van der Waals surface area contributed by atoms with Crippen LogP contribution in [0, 0.1) is 0 Å². The first-order chi connectivity index (χ1) is 8.42. The first-order valence-electron chi connectivity index (χ1n) is 5.93. The van der Waals surface area contributed by atoms with Crippen LogP contribution in [0.15, 0.2) is 24.3 Å². The zero-order chi connectivity index (χ0) is 13.6.